The molecule has 0 saturated heterocycles. The summed E-state index contributed by atoms with van der Waals surface area (Å²) < 4.78 is 8.85. The molecule has 8 aromatic carbocycles. The van der Waals surface area contributed by atoms with E-state index in [1.54, 1.807) is 0 Å². The maximum atomic E-state index is 6.42. The number of anilines is 3. The van der Waals surface area contributed by atoms with Crippen LogP contribution >= 0.6 is 0 Å². The highest BCUT2D eigenvalue weighted by Gasteiger charge is 2.19. The number of benzene rings is 8. The molecule has 3 aromatic heterocycles. The molecule has 0 spiro atoms. The Bertz CT molecular complexity index is 3180. The second kappa shape index (κ2) is 12.6. The van der Waals surface area contributed by atoms with Gasteiger partial charge in [0, 0.05) is 44.9 Å². The summed E-state index contributed by atoms with van der Waals surface area (Å²) in [6.45, 7) is 0. The van der Waals surface area contributed by atoms with Gasteiger partial charge >= 0.3 is 0 Å². The van der Waals surface area contributed by atoms with Crippen molar-refractivity contribution < 1.29 is 4.42 Å². The fourth-order valence-electron chi connectivity index (χ4n) is 8.35. The molecule has 11 rings (SSSR count). The maximum Gasteiger partial charge on any atom is 0.137 e. The summed E-state index contributed by atoms with van der Waals surface area (Å²) in [5.41, 5.74) is 15.7. The average molecular weight is 703 g/mol. The summed E-state index contributed by atoms with van der Waals surface area (Å²) >= 11 is 0. The Balaban J connectivity index is 1.08. The summed E-state index contributed by atoms with van der Waals surface area (Å²) in [6, 6.07) is 73.9. The van der Waals surface area contributed by atoms with Gasteiger partial charge in [0.15, 0.2) is 0 Å². The SMILES string of the molecule is c1ccc(-c2ccc(-c3ccc(N(c4ccc5c(c4)oc4ccccc45)c4ccc5ccc6c(-c7ccccc7)c7ccccc7n6c5c4)cc3)cc2)cc1. The van der Waals surface area contributed by atoms with E-state index in [2.05, 4.69) is 203 Å². The van der Waals surface area contributed by atoms with E-state index >= 15 is 0 Å². The van der Waals surface area contributed by atoms with Crippen LogP contribution in [0.5, 0.6) is 0 Å². The normalized spacial score (nSPS) is 11.6. The maximum absolute atomic E-state index is 6.42. The lowest BCUT2D eigenvalue weighted by atomic mass is 10.00. The average Bonchev–Trinajstić information content (AvgIpc) is 3.80. The van der Waals surface area contributed by atoms with Gasteiger partial charge in [-0.15, -0.1) is 0 Å². The lowest BCUT2D eigenvalue weighted by Gasteiger charge is -2.26. The zero-order valence-corrected chi connectivity index (χ0v) is 29.9. The Kier molecular flexibility index (Phi) is 7.17. The molecule has 0 aliphatic heterocycles. The van der Waals surface area contributed by atoms with Crippen molar-refractivity contribution in [3.8, 4) is 33.4 Å². The second-order valence-electron chi connectivity index (χ2n) is 14.2. The molecule has 3 heterocycles. The molecular formula is C52H34N2O. The van der Waals surface area contributed by atoms with Crippen LogP contribution in [0.15, 0.2) is 211 Å². The van der Waals surface area contributed by atoms with E-state index < -0.39 is 0 Å². The number of aromatic nitrogens is 1. The lowest BCUT2D eigenvalue weighted by Crippen LogP contribution is -2.10. The molecule has 0 amide bonds. The zero-order chi connectivity index (χ0) is 36.3. The van der Waals surface area contributed by atoms with Gasteiger partial charge in [-0.2, -0.15) is 0 Å². The lowest BCUT2D eigenvalue weighted by molar-refractivity contribution is 0.669. The number of hydrogen-bond donors (Lipinski definition) is 0. The van der Waals surface area contributed by atoms with Gasteiger partial charge in [-0.05, 0) is 87.8 Å². The van der Waals surface area contributed by atoms with Crippen LogP contribution in [0.2, 0.25) is 0 Å². The fourth-order valence-corrected chi connectivity index (χ4v) is 8.35. The van der Waals surface area contributed by atoms with Gasteiger partial charge in [0.05, 0.1) is 16.6 Å². The van der Waals surface area contributed by atoms with E-state index in [0.29, 0.717) is 0 Å². The summed E-state index contributed by atoms with van der Waals surface area (Å²) in [5, 5.41) is 4.66. The number of nitrogens with zero attached hydrogens (tertiary/aromatic N) is 2. The van der Waals surface area contributed by atoms with E-state index in [0.717, 1.165) is 44.5 Å². The molecule has 258 valence electrons. The molecule has 0 N–H and O–H groups in total. The van der Waals surface area contributed by atoms with Crippen LogP contribution in [-0.4, -0.2) is 4.40 Å². The van der Waals surface area contributed by atoms with Gasteiger partial charge in [-0.25, -0.2) is 0 Å². The van der Waals surface area contributed by atoms with E-state index in [1.165, 1.54) is 55.2 Å². The summed E-state index contributed by atoms with van der Waals surface area (Å²) in [6.07, 6.45) is 0. The largest absolute Gasteiger partial charge is 0.456 e. The number of fused-ring (bicyclic) bond motifs is 8. The first-order chi connectivity index (χ1) is 27.3. The van der Waals surface area contributed by atoms with Gasteiger partial charge in [0.1, 0.15) is 11.2 Å². The van der Waals surface area contributed by atoms with Crippen LogP contribution < -0.4 is 4.90 Å². The molecule has 0 radical (unpaired) electrons. The first kappa shape index (κ1) is 31.2. The minimum atomic E-state index is 0.867. The van der Waals surface area contributed by atoms with Crippen LogP contribution in [0.4, 0.5) is 17.1 Å². The first-order valence-corrected chi connectivity index (χ1v) is 18.8. The van der Waals surface area contributed by atoms with Crippen LogP contribution in [0.25, 0.3) is 82.6 Å². The zero-order valence-electron chi connectivity index (χ0n) is 29.9. The Hall–Kier alpha value is -7.36. The third-order valence-electron chi connectivity index (χ3n) is 11.0. The van der Waals surface area contributed by atoms with Gasteiger partial charge in [-0.1, -0.05) is 146 Å². The van der Waals surface area contributed by atoms with E-state index in [-0.39, 0.29) is 0 Å². The number of furan rings is 1. The number of para-hydroxylation sites is 2. The Morgan fingerprint density at radius 1 is 0.327 bits per heavy atom. The molecule has 0 fully saturated rings. The van der Waals surface area contributed by atoms with Crippen molar-refractivity contribution >= 4 is 66.3 Å². The van der Waals surface area contributed by atoms with Gasteiger partial charge in [-0.3, -0.25) is 0 Å². The molecule has 0 atom stereocenters. The molecule has 0 aliphatic rings. The Morgan fingerprint density at radius 2 is 0.855 bits per heavy atom. The summed E-state index contributed by atoms with van der Waals surface area (Å²) in [4.78, 5) is 2.34. The van der Waals surface area contributed by atoms with E-state index in [4.69, 9.17) is 4.42 Å². The quantitative estimate of drug-likeness (QED) is 0.172. The predicted octanol–water partition coefficient (Wildman–Crippen LogP) is 14.6. The van der Waals surface area contributed by atoms with Gasteiger partial charge < -0.3 is 13.7 Å². The van der Waals surface area contributed by atoms with E-state index in [1.807, 2.05) is 12.1 Å². The molecular weight excluding hydrogens is 669 g/mol. The molecule has 11 aromatic rings. The Labute approximate surface area is 318 Å². The van der Waals surface area contributed by atoms with Crippen LogP contribution in [0.1, 0.15) is 0 Å². The van der Waals surface area contributed by atoms with E-state index in [9.17, 15) is 0 Å². The van der Waals surface area contributed by atoms with Crippen molar-refractivity contribution in [3.05, 3.63) is 206 Å². The smallest absolute Gasteiger partial charge is 0.137 e. The highest BCUT2D eigenvalue weighted by Crippen LogP contribution is 2.42. The minimum Gasteiger partial charge on any atom is -0.456 e. The number of pyridine rings is 1. The molecule has 3 heteroatoms. The van der Waals surface area contributed by atoms with Crippen molar-refractivity contribution in [1.29, 1.82) is 0 Å². The molecule has 0 aliphatic carbocycles. The predicted molar refractivity (Wildman–Crippen MR) is 231 cm³/mol. The standard InChI is InChI=1S/C52H34N2O/c1-3-11-35(12-4-1)36-19-21-37(22-20-36)38-23-27-41(28-24-38)53(43-30-31-45-44-15-8-10-18-50(44)55-51(45)34-43)42-29-25-39-26-32-48-52(40-13-5-2-6-14-40)46-16-7-9-17-47(46)54(48)49(39)33-42/h1-34H. The number of rotatable bonds is 6. The topological polar surface area (TPSA) is 20.8 Å². The van der Waals surface area contributed by atoms with Crippen LogP contribution in [0, 0.1) is 0 Å². The minimum absolute atomic E-state index is 0.867. The Morgan fingerprint density at radius 3 is 1.60 bits per heavy atom. The second-order valence-corrected chi connectivity index (χ2v) is 14.2. The summed E-state index contributed by atoms with van der Waals surface area (Å²) in [5.74, 6) is 0. The van der Waals surface area contributed by atoms with Crippen molar-refractivity contribution in [2.24, 2.45) is 0 Å². The molecule has 3 nitrogen and oxygen atoms in total. The van der Waals surface area contributed by atoms with Crippen LogP contribution in [-0.2, 0) is 0 Å². The summed E-state index contributed by atoms with van der Waals surface area (Å²) in [7, 11) is 0. The number of hydrogen-bond acceptors (Lipinski definition) is 2. The molecule has 0 bridgehead atoms. The first-order valence-electron chi connectivity index (χ1n) is 18.8. The highest BCUT2D eigenvalue weighted by atomic mass is 16.3. The third kappa shape index (κ3) is 5.20. The highest BCUT2D eigenvalue weighted by molar-refractivity contribution is 6.09. The molecule has 0 unspecified atom stereocenters. The fraction of sp³-hybridized carbons (Fsp3) is 0. The van der Waals surface area contributed by atoms with Crippen molar-refractivity contribution in [1.82, 2.24) is 4.40 Å². The molecule has 55 heavy (non-hydrogen) atoms. The monoisotopic (exact) mass is 702 g/mol. The van der Waals surface area contributed by atoms with Gasteiger partial charge in [0.2, 0.25) is 0 Å². The third-order valence-corrected chi connectivity index (χ3v) is 11.0. The van der Waals surface area contributed by atoms with Gasteiger partial charge in [0.25, 0.3) is 0 Å². The van der Waals surface area contributed by atoms with Crippen LogP contribution in [0.3, 0.4) is 0 Å². The molecule has 0 saturated carbocycles. The van der Waals surface area contributed by atoms with Crippen molar-refractivity contribution in [2.75, 3.05) is 4.90 Å². The van der Waals surface area contributed by atoms with Crippen molar-refractivity contribution in [2.45, 2.75) is 0 Å². The van der Waals surface area contributed by atoms with Crippen molar-refractivity contribution in [3.63, 3.8) is 0 Å².